The molecule has 0 spiro atoms. The molecule has 0 saturated heterocycles. The number of carboxylic acids is 3. The highest BCUT2D eigenvalue weighted by atomic mass is 16.5. The van der Waals surface area contributed by atoms with Crippen molar-refractivity contribution in [2.45, 2.75) is 70.2 Å². The molecule has 12 nitrogen and oxygen atoms in total. The SMILES string of the molecule is Cc1cc(C[C@@H]2CCC[C@H]2NCc2nc3ccccc3n2Cc2ccccc2)on1.O=C(O)CC(O)(CC(=O)O)C(=O)O. The molecule has 0 bridgehead atoms. The number of nitrogens with one attached hydrogen (secondary N) is 1. The smallest absolute Gasteiger partial charge is 0.336 e. The molecule has 5 rings (SSSR count). The molecule has 1 fully saturated rings. The molecular weight excluding hydrogens is 556 g/mol. The number of aryl methyl sites for hydroxylation is 1. The highest BCUT2D eigenvalue weighted by Gasteiger charge is 2.40. The number of fused-ring (bicyclic) bond motifs is 1. The summed E-state index contributed by atoms with van der Waals surface area (Å²) in [6.45, 7) is 3.59. The number of hydrogen-bond acceptors (Lipinski definition) is 8. The first-order valence-electron chi connectivity index (χ1n) is 14.1. The van der Waals surface area contributed by atoms with Gasteiger partial charge >= 0.3 is 17.9 Å². The van der Waals surface area contributed by atoms with Crippen LogP contribution in [-0.2, 0) is 33.9 Å². The van der Waals surface area contributed by atoms with Crippen LogP contribution in [0.2, 0.25) is 0 Å². The Morgan fingerprint density at radius 2 is 1.67 bits per heavy atom. The lowest BCUT2D eigenvalue weighted by atomic mass is 9.96. The molecule has 0 radical (unpaired) electrons. The summed E-state index contributed by atoms with van der Waals surface area (Å²) in [5.74, 6) is -2.33. The number of benzene rings is 2. The van der Waals surface area contributed by atoms with Gasteiger partial charge in [-0.1, -0.05) is 54.0 Å². The van der Waals surface area contributed by atoms with Gasteiger partial charge in [0.2, 0.25) is 0 Å². The van der Waals surface area contributed by atoms with Crippen molar-refractivity contribution in [2.24, 2.45) is 5.92 Å². The van der Waals surface area contributed by atoms with Gasteiger partial charge in [0.05, 0.1) is 36.1 Å². The van der Waals surface area contributed by atoms with Crippen LogP contribution in [0.4, 0.5) is 0 Å². The highest BCUT2D eigenvalue weighted by Crippen LogP contribution is 2.29. The number of para-hydroxylation sites is 2. The quantitative estimate of drug-likeness (QED) is 0.162. The van der Waals surface area contributed by atoms with E-state index < -0.39 is 36.4 Å². The van der Waals surface area contributed by atoms with E-state index in [1.165, 1.54) is 30.3 Å². The standard InChI is InChI=1S/C25H28N4O.C6H8O7/c1-18-14-21(30-28-18)15-20-10-7-12-22(20)26-16-25-27-23-11-5-6-13-24(23)29(25)17-19-8-3-2-4-9-19;7-3(8)1-6(13,5(11)12)2-4(9)10/h2-6,8-9,11,13-14,20,22,26H,7,10,12,15-17H2,1H3;13H,1-2H2,(H,7,8)(H,9,10)(H,11,12)/t20-,22+;/m0./s1. The summed E-state index contributed by atoms with van der Waals surface area (Å²) in [4.78, 5) is 35.4. The van der Waals surface area contributed by atoms with Crippen molar-refractivity contribution in [1.82, 2.24) is 20.0 Å². The summed E-state index contributed by atoms with van der Waals surface area (Å²) >= 11 is 0. The second-order valence-electron chi connectivity index (χ2n) is 10.9. The summed E-state index contributed by atoms with van der Waals surface area (Å²) in [7, 11) is 0. The lowest BCUT2D eigenvalue weighted by Crippen LogP contribution is -2.42. The summed E-state index contributed by atoms with van der Waals surface area (Å²) in [5, 5.41) is 41.7. The van der Waals surface area contributed by atoms with Crippen LogP contribution >= 0.6 is 0 Å². The topological polar surface area (TPSA) is 188 Å². The Hall–Kier alpha value is -4.55. The Balaban J connectivity index is 0.000000277. The van der Waals surface area contributed by atoms with E-state index in [1.807, 2.05) is 6.92 Å². The molecule has 1 aliphatic rings. The zero-order chi connectivity index (χ0) is 31.0. The monoisotopic (exact) mass is 592 g/mol. The van der Waals surface area contributed by atoms with Crippen LogP contribution in [-0.4, -0.2) is 64.7 Å². The van der Waals surface area contributed by atoms with Crippen LogP contribution in [0.25, 0.3) is 11.0 Å². The fraction of sp³-hybridized carbons (Fsp3) is 0.387. The summed E-state index contributed by atoms with van der Waals surface area (Å²) in [5.41, 5.74) is 1.77. The van der Waals surface area contributed by atoms with E-state index in [2.05, 4.69) is 75.7 Å². The molecule has 1 aliphatic carbocycles. The maximum Gasteiger partial charge on any atom is 0.336 e. The van der Waals surface area contributed by atoms with E-state index in [4.69, 9.17) is 29.9 Å². The molecule has 0 amide bonds. The summed E-state index contributed by atoms with van der Waals surface area (Å²) in [6, 6.07) is 21.6. The molecule has 43 heavy (non-hydrogen) atoms. The number of aromatic nitrogens is 3. The molecule has 1 saturated carbocycles. The molecule has 2 aromatic heterocycles. The average molecular weight is 593 g/mol. The maximum atomic E-state index is 10.3. The molecule has 0 aliphatic heterocycles. The fourth-order valence-corrected chi connectivity index (χ4v) is 5.46. The van der Waals surface area contributed by atoms with Crippen LogP contribution in [0.15, 0.2) is 65.2 Å². The van der Waals surface area contributed by atoms with Crippen molar-refractivity contribution in [1.29, 1.82) is 0 Å². The Bertz CT molecular complexity index is 1530. The lowest BCUT2D eigenvalue weighted by molar-refractivity contribution is -0.170. The van der Waals surface area contributed by atoms with Crippen LogP contribution < -0.4 is 5.32 Å². The van der Waals surface area contributed by atoms with Gasteiger partial charge in [-0.25, -0.2) is 9.78 Å². The molecular formula is C31H36N4O8. The molecule has 228 valence electrons. The number of aliphatic hydroxyl groups is 1. The van der Waals surface area contributed by atoms with Gasteiger partial charge in [0.1, 0.15) is 11.6 Å². The van der Waals surface area contributed by atoms with E-state index >= 15 is 0 Å². The Kier molecular flexibility index (Phi) is 10.3. The minimum atomic E-state index is -2.74. The fourth-order valence-electron chi connectivity index (χ4n) is 5.46. The van der Waals surface area contributed by atoms with Crippen molar-refractivity contribution in [3.63, 3.8) is 0 Å². The van der Waals surface area contributed by atoms with Gasteiger partial charge in [0, 0.05) is 25.1 Å². The van der Waals surface area contributed by atoms with Gasteiger partial charge in [-0.05, 0) is 43.4 Å². The second kappa shape index (κ2) is 14.1. The van der Waals surface area contributed by atoms with E-state index in [0.29, 0.717) is 12.0 Å². The number of carbonyl (C=O) groups is 3. The first-order chi connectivity index (χ1) is 20.5. The lowest BCUT2D eigenvalue weighted by Gasteiger charge is -2.20. The zero-order valence-electron chi connectivity index (χ0n) is 23.8. The van der Waals surface area contributed by atoms with Gasteiger partial charge in [0.25, 0.3) is 0 Å². The number of nitrogens with zero attached hydrogens (tertiary/aromatic N) is 3. The van der Waals surface area contributed by atoms with Crippen molar-refractivity contribution >= 4 is 28.9 Å². The molecule has 12 heteroatoms. The van der Waals surface area contributed by atoms with E-state index in [0.717, 1.165) is 42.3 Å². The molecule has 2 aromatic carbocycles. The van der Waals surface area contributed by atoms with E-state index in [9.17, 15) is 14.4 Å². The third-order valence-electron chi connectivity index (χ3n) is 7.52. The highest BCUT2D eigenvalue weighted by molar-refractivity contribution is 5.88. The minimum absolute atomic E-state index is 0.486. The zero-order valence-corrected chi connectivity index (χ0v) is 23.8. The van der Waals surface area contributed by atoms with Gasteiger partial charge < -0.3 is 34.8 Å². The largest absolute Gasteiger partial charge is 0.481 e. The van der Waals surface area contributed by atoms with Gasteiger partial charge in [0.15, 0.2) is 5.60 Å². The van der Waals surface area contributed by atoms with Crippen LogP contribution in [0.3, 0.4) is 0 Å². The predicted molar refractivity (Wildman–Crippen MR) is 155 cm³/mol. The molecule has 2 atom stereocenters. The van der Waals surface area contributed by atoms with Crippen molar-refractivity contribution in [2.75, 3.05) is 0 Å². The Morgan fingerprint density at radius 1 is 1.00 bits per heavy atom. The normalized spacial score (nSPS) is 16.5. The summed E-state index contributed by atoms with van der Waals surface area (Å²) in [6.07, 6.45) is 2.37. The molecule has 5 N–H and O–H groups in total. The Morgan fingerprint density at radius 3 is 2.30 bits per heavy atom. The second-order valence-corrected chi connectivity index (χ2v) is 10.9. The molecule has 4 aromatic rings. The van der Waals surface area contributed by atoms with Gasteiger partial charge in [-0.3, -0.25) is 9.59 Å². The predicted octanol–water partition coefficient (Wildman–Crippen LogP) is 3.63. The van der Waals surface area contributed by atoms with E-state index in [1.54, 1.807) is 0 Å². The van der Waals surface area contributed by atoms with Crippen LogP contribution in [0.1, 0.15) is 54.9 Å². The molecule has 0 unspecified atom stereocenters. The Labute approximate surface area is 248 Å². The number of hydrogen-bond donors (Lipinski definition) is 5. The van der Waals surface area contributed by atoms with Crippen molar-refractivity contribution in [3.8, 4) is 0 Å². The third kappa shape index (κ3) is 8.49. The number of rotatable bonds is 12. The number of aliphatic carboxylic acids is 3. The number of imidazole rings is 1. The van der Waals surface area contributed by atoms with E-state index in [-0.39, 0.29) is 0 Å². The van der Waals surface area contributed by atoms with Gasteiger partial charge in [-0.2, -0.15) is 0 Å². The van der Waals surface area contributed by atoms with Crippen molar-refractivity contribution in [3.05, 3.63) is 83.5 Å². The average Bonchev–Trinajstić information content (AvgIpc) is 3.66. The maximum absolute atomic E-state index is 10.3. The third-order valence-corrected chi connectivity index (χ3v) is 7.52. The first-order valence-corrected chi connectivity index (χ1v) is 14.1. The number of carboxylic acid groups (broad SMARTS) is 3. The first kappa shape index (κ1) is 31.4. The van der Waals surface area contributed by atoms with Gasteiger partial charge in [-0.15, -0.1) is 0 Å². The van der Waals surface area contributed by atoms with Crippen LogP contribution in [0, 0.1) is 12.8 Å². The molecule has 2 heterocycles. The van der Waals surface area contributed by atoms with Crippen molar-refractivity contribution < 1.29 is 39.3 Å². The minimum Gasteiger partial charge on any atom is -0.481 e. The van der Waals surface area contributed by atoms with Crippen LogP contribution in [0.5, 0.6) is 0 Å². The summed E-state index contributed by atoms with van der Waals surface area (Å²) < 4.78 is 7.82.